The predicted octanol–water partition coefficient (Wildman–Crippen LogP) is 3.80. The standard InChI is InChI=1S/C14H20ClFN2O2/c1-9(8-17-13(19)20-14(2,3)4)18-12-7-10(15)5-6-11(12)16/h5-7,9,18H,8H2,1-4H3,(H,17,19). The molecule has 2 N–H and O–H groups in total. The molecule has 20 heavy (non-hydrogen) atoms. The quantitative estimate of drug-likeness (QED) is 0.889. The van der Waals surface area contributed by atoms with E-state index in [-0.39, 0.29) is 6.04 Å². The molecule has 6 heteroatoms. The Bertz CT molecular complexity index is 475. The molecule has 0 spiro atoms. The number of alkyl carbamates (subject to hydrolysis) is 1. The third kappa shape index (κ3) is 6.10. The molecule has 0 saturated heterocycles. The van der Waals surface area contributed by atoms with E-state index in [0.29, 0.717) is 17.3 Å². The number of ether oxygens (including phenoxy) is 1. The third-order valence-corrected chi connectivity index (χ3v) is 2.52. The van der Waals surface area contributed by atoms with Crippen molar-refractivity contribution in [3.63, 3.8) is 0 Å². The molecule has 1 rings (SSSR count). The minimum atomic E-state index is -0.542. The van der Waals surface area contributed by atoms with Crippen molar-refractivity contribution in [2.75, 3.05) is 11.9 Å². The fourth-order valence-electron chi connectivity index (χ4n) is 1.48. The molecule has 0 saturated carbocycles. The molecule has 0 aliphatic rings. The van der Waals surface area contributed by atoms with E-state index in [1.54, 1.807) is 20.8 Å². The van der Waals surface area contributed by atoms with Gasteiger partial charge in [-0.15, -0.1) is 0 Å². The Hall–Kier alpha value is -1.49. The average molecular weight is 303 g/mol. The normalized spacial score (nSPS) is 12.7. The van der Waals surface area contributed by atoms with Crippen LogP contribution in [0.15, 0.2) is 18.2 Å². The lowest BCUT2D eigenvalue weighted by atomic mass is 10.2. The van der Waals surface area contributed by atoms with Gasteiger partial charge in [0.2, 0.25) is 0 Å². The van der Waals surface area contributed by atoms with Crippen LogP contribution in [0.1, 0.15) is 27.7 Å². The number of carbonyl (C=O) groups excluding carboxylic acids is 1. The SMILES string of the molecule is CC(CNC(=O)OC(C)(C)C)Nc1cc(Cl)ccc1F. The van der Waals surface area contributed by atoms with E-state index in [9.17, 15) is 9.18 Å². The topological polar surface area (TPSA) is 50.4 Å². The molecule has 0 aliphatic carbocycles. The summed E-state index contributed by atoms with van der Waals surface area (Å²) in [5.74, 6) is -0.390. The maximum atomic E-state index is 13.5. The Balaban J connectivity index is 2.46. The van der Waals surface area contributed by atoms with Crippen LogP contribution >= 0.6 is 11.6 Å². The molecule has 0 aromatic heterocycles. The first-order valence-electron chi connectivity index (χ1n) is 6.36. The lowest BCUT2D eigenvalue weighted by Crippen LogP contribution is -2.38. The molecule has 1 aromatic carbocycles. The van der Waals surface area contributed by atoms with Crippen LogP contribution in [-0.4, -0.2) is 24.3 Å². The highest BCUT2D eigenvalue weighted by atomic mass is 35.5. The zero-order chi connectivity index (χ0) is 15.3. The van der Waals surface area contributed by atoms with Gasteiger partial charge in [0.05, 0.1) is 5.69 Å². The van der Waals surface area contributed by atoms with Crippen LogP contribution < -0.4 is 10.6 Å². The highest BCUT2D eigenvalue weighted by Crippen LogP contribution is 2.20. The fraction of sp³-hybridized carbons (Fsp3) is 0.500. The Labute approximate surface area is 123 Å². The highest BCUT2D eigenvalue weighted by Gasteiger charge is 2.16. The van der Waals surface area contributed by atoms with Gasteiger partial charge in [0, 0.05) is 17.6 Å². The van der Waals surface area contributed by atoms with Crippen LogP contribution in [0.4, 0.5) is 14.9 Å². The second-order valence-electron chi connectivity index (χ2n) is 5.55. The maximum Gasteiger partial charge on any atom is 0.407 e. The van der Waals surface area contributed by atoms with Gasteiger partial charge in [0.1, 0.15) is 11.4 Å². The Morgan fingerprint density at radius 2 is 2.10 bits per heavy atom. The maximum absolute atomic E-state index is 13.5. The lowest BCUT2D eigenvalue weighted by Gasteiger charge is -2.21. The number of benzene rings is 1. The Morgan fingerprint density at radius 1 is 1.45 bits per heavy atom. The largest absolute Gasteiger partial charge is 0.444 e. The van der Waals surface area contributed by atoms with Gasteiger partial charge in [-0.2, -0.15) is 0 Å². The number of hydrogen-bond acceptors (Lipinski definition) is 3. The van der Waals surface area contributed by atoms with E-state index in [4.69, 9.17) is 16.3 Å². The molecule has 1 amide bonds. The summed E-state index contributed by atoms with van der Waals surface area (Å²) < 4.78 is 18.6. The van der Waals surface area contributed by atoms with Crippen molar-refractivity contribution < 1.29 is 13.9 Å². The lowest BCUT2D eigenvalue weighted by molar-refractivity contribution is 0.0526. The predicted molar refractivity (Wildman–Crippen MR) is 78.7 cm³/mol. The number of carbonyl (C=O) groups is 1. The monoisotopic (exact) mass is 302 g/mol. The van der Waals surface area contributed by atoms with Crippen LogP contribution in [0, 0.1) is 5.82 Å². The van der Waals surface area contributed by atoms with Crippen molar-refractivity contribution in [1.29, 1.82) is 0 Å². The van der Waals surface area contributed by atoms with Crippen molar-refractivity contribution in [3.05, 3.63) is 29.0 Å². The van der Waals surface area contributed by atoms with Crippen molar-refractivity contribution >= 4 is 23.4 Å². The first-order chi connectivity index (χ1) is 9.17. The molecular weight excluding hydrogens is 283 g/mol. The number of amides is 1. The summed E-state index contributed by atoms with van der Waals surface area (Å²) in [4.78, 5) is 11.5. The molecule has 0 heterocycles. The van der Waals surface area contributed by atoms with Gasteiger partial charge >= 0.3 is 6.09 Å². The molecule has 1 atom stereocenters. The second-order valence-corrected chi connectivity index (χ2v) is 5.99. The zero-order valence-corrected chi connectivity index (χ0v) is 12.8. The van der Waals surface area contributed by atoms with Crippen molar-refractivity contribution in [3.8, 4) is 0 Å². The molecule has 112 valence electrons. The van der Waals surface area contributed by atoms with E-state index >= 15 is 0 Å². The number of anilines is 1. The van der Waals surface area contributed by atoms with E-state index < -0.39 is 17.5 Å². The highest BCUT2D eigenvalue weighted by molar-refractivity contribution is 6.30. The van der Waals surface area contributed by atoms with E-state index in [0.717, 1.165) is 0 Å². The number of hydrogen-bond donors (Lipinski definition) is 2. The van der Waals surface area contributed by atoms with Gasteiger partial charge in [-0.05, 0) is 45.9 Å². The molecule has 1 unspecified atom stereocenters. The first-order valence-corrected chi connectivity index (χ1v) is 6.73. The van der Waals surface area contributed by atoms with Crippen LogP contribution in [0.3, 0.4) is 0 Å². The summed E-state index contributed by atoms with van der Waals surface area (Å²) in [5.41, 5.74) is -0.240. The van der Waals surface area contributed by atoms with Crippen molar-refractivity contribution in [2.45, 2.75) is 39.3 Å². The van der Waals surface area contributed by atoms with Crippen LogP contribution in [-0.2, 0) is 4.74 Å². The number of nitrogens with one attached hydrogen (secondary N) is 2. The fourth-order valence-corrected chi connectivity index (χ4v) is 1.65. The third-order valence-electron chi connectivity index (χ3n) is 2.28. The smallest absolute Gasteiger partial charge is 0.407 e. The second kappa shape index (κ2) is 6.79. The minimum Gasteiger partial charge on any atom is -0.444 e. The van der Waals surface area contributed by atoms with Crippen molar-refractivity contribution in [2.24, 2.45) is 0 Å². The minimum absolute atomic E-state index is 0.171. The van der Waals surface area contributed by atoms with Crippen LogP contribution in [0.25, 0.3) is 0 Å². The zero-order valence-electron chi connectivity index (χ0n) is 12.1. The molecule has 4 nitrogen and oxygen atoms in total. The molecule has 1 aromatic rings. The summed E-state index contributed by atoms with van der Waals surface area (Å²) in [6, 6.07) is 4.10. The average Bonchev–Trinajstić information content (AvgIpc) is 2.29. The summed E-state index contributed by atoms with van der Waals surface area (Å²) >= 11 is 5.80. The molecule has 0 fully saturated rings. The molecule has 0 aliphatic heterocycles. The van der Waals surface area contributed by atoms with Crippen molar-refractivity contribution in [1.82, 2.24) is 5.32 Å². The first kappa shape index (κ1) is 16.6. The van der Waals surface area contributed by atoms with Gasteiger partial charge in [-0.3, -0.25) is 0 Å². The Kier molecular flexibility index (Phi) is 5.62. The molecule has 0 bridgehead atoms. The summed E-state index contributed by atoms with van der Waals surface area (Å²) in [5, 5.41) is 6.00. The summed E-state index contributed by atoms with van der Waals surface area (Å²) in [6.07, 6.45) is -0.502. The van der Waals surface area contributed by atoms with Crippen LogP contribution in [0.2, 0.25) is 5.02 Å². The van der Waals surface area contributed by atoms with E-state index in [1.165, 1.54) is 18.2 Å². The Morgan fingerprint density at radius 3 is 2.70 bits per heavy atom. The van der Waals surface area contributed by atoms with Gasteiger partial charge < -0.3 is 15.4 Å². The van der Waals surface area contributed by atoms with Gasteiger partial charge in [0.25, 0.3) is 0 Å². The molecule has 0 radical (unpaired) electrons. The number of halogens is 2. The van der Waals surface area contributed by atoms with Gasteiger partial charge in [0.15, 0.2) is 0 Å². The number of rotatable bonds is 4. The summed E-state index contributed by atoms with van der Waals surface area (Å²) in [6.45, 7) is 7.49. The van der Waals surface area contributed by atoms with Gasteiger partial charge in [-0.25, -0.2) is 9.18 Å². The van der Waals surface area contributed by atoms with E-state index in [2.05, 4.69) is 10.6 Å². The summed E-state index contributed by atoms with van der Waals surface area (Å²) in [7, 11) is 0. The van der Waals surface area contributed by atoms with Gasteiger partial charge in [-0.1, -0.05) is 11.6 Å². The van der Waals surface area contributed by atoms with E-state index in [1.807, 2.05) is 6.92 Å². The molecular formula is C14H20ClFN2O2. The van der Waals surface area contributed by atoms with Crippen LogP contribution in [0.5, 0.6) is 0 Å².